The van der Waals surface area contributed by atoms with E-state index in [1.54, 1.807) is 6.07 Å². The molecule has 0 radical (unpaired) electrons. The number of hydrogen-bond donors (Lipinski definition) is 1. The van der Waals surface area contributed by atoms with E-state index in [9.17, 15) is 4.79 Å². The van der Waals surface area contributed by atoms with Crippen LogP contribution in [0, 0.1) is 6.92 Å². The molecule has 170 valence electrons. The van der Waals surface area contributed by atoms with Crippen LogP contribution in [0.5, 0.6) is 0 Å². The van der Waals surface area contributed by atoms with E-state index >= 15 is 0 Å². The van der Waals surface area contributed by atoms with E-state index in [4.69, 9.17) is 34.8 Å². The average molecular weight is 527 g/mol. The Morgan fingerprint density at radius 3 is 2.68 bits per heavy atom. The molecular formula is C26H18Cl3N3OS. The molecule has 4 aromatic rings. The molecule has 1 aliphatic rings. The highest BCUT2D eigenvalue weighted by Crippen LogP contribution is 2.33. The van der Waals surface area contributed by atoms with Gasteiger partial charge in [0.25, 0.3) is 5.91 Å². The Kier molecular flexibility index (Phi) is 6.45. The lowest BCUT2D eigenvalue weighted by Gasteiger charge is -2.08. The molecule has 2 heterocycles. The summed E-state index contributed by atoms with van der Waals surface area (Å²) in [4.78, 5) is 17.9. The van der Waals surface area contributed by atoms with Gasteiger partial charge in [-0.15, -0.1) is 0 Å². The third kappa shape index (κ3) is 4.62. The van der Waals surface area contributed by atoms with Gasteiger partial charge in [0.1, 0.15) is 0 Å². The zero-order chi connectivity index (χ0) is 23.8. The van der Waals surface area contributed by atoms with E-state index in [1.807, 2.05) is 67.7 Å². The molecule has 1 saturated heterocycles. The molecule has 0 atom stereocenters. The quantitative estimate of drug-likeness (QED) is 0.275. The molecule has 0 spiro atoms. The predicted octanol–water partition coefficient (Wildman–Crippen LogP) is 7.85. The molecule has 0 saturated carbocycles. The Hall–Kier alpha value is -2.70. The lowest BCUT2D eigenvalue weighted by molar-refractivity contribution is -0.115. The van der Waals surface area contributed by atoms with Crippen LogP contribution in [0.4, 0.5) is 5.69 Å². The molecule has 1 fully saturated rings. The second kappa shape index (κ2) is 9.51. The number of benzene rings is 3. The maximum atomic E-state index is 12.7. The van der Waals surface area contributed by atoms with Crippen LogP contribution in [-0.2, 0) is 11.3 Å². The van der Waals surface area contributed by atoms with Gasteiger partial charge in [0.2, 0.25) is 0 Å². The number of amides is 1. The van der Waals surface area contributed by atoms with Crippen molar-refractivity contribution in [2.75, 3.05) is 0 Å². The van der Waals surface area contributed by atoms with Crippen LogP contribution in [0.3, 0.4) is 0 Å². The van der Waals surface area contributed by atoms with Crippen molar-refractivity contribution in [3.8, 4) is 0 Å². The van der Waals surface area contributed by atoms with Gasteiger partial charge in [-0.25, -0.2) is 4.99 Å². The molecule has 34 heavy (non-hydrogen) atoms. The highest BCUT2D eigenvalue weighted by atomic mass is 35.5. The lowest BCUT2D eigenvalue weighted by Crippen LogP contribution is -2.19. The summed E-state index contributed by atoms with van der Waals surface area (Å²) in [6.45, 7) is 2.49. The number of fused-ring (bicyclic) bond motifs is 1. The highest BCUT2D eigenvalue weighted by molar-refractivity contribution is 8.18. The summed E-state index contributed by atoms with van der Waals surface area (Å²) < 4.78 is 2.12. The zero-order valence-corrected chi connectivity index (χ0v) is 21.1. The van der Waals surface area contributed by atoms with Crippen LogP contribution in [0.25, 0.3) is 17.0 Å². The minimum absolute atomic E-state index is 0.180. The molecule has 0 aliphatic carbocycles. The Labute approximate surface area is 216 Å². The smallest absolute Gasteiger partial charge is 0.264 e. The summed E-state index contributed by atoms with van der Waals surface area (Å²) in [5.74, 6) is -0.180. The lowest BCUT2D eigenvalue weighted by atomic mass is 10.1. The average Bonchev–Trinajstić information content (AvgIpc) is 3.33. The minimum Gasteiger partial charge on any atom is -0.342 e. The first-order valence-electron chi connectivity index (χ1n) is 10.5. The first-order valence-corrected chi connectivity index (χ1v) is 12.4. The number of carbonyl (C=O) groups excluding carboxylic acids is 1. The number of aliphatic imine (C=N–C) groups is 1. The number of carbonyl (C=O) groups is 1. The van der Waals surface area contributed by atoms with Crippen molar-refractivity contribution in [2.24, 2.45) is 4.99 Å². The molecule has 3 aromatic carbocycles. The van der Waals surface area contributed by atoms with E-state index in [0.717, 1.165) is 33.3 Å². The number of nitrogens with one attached hydrogen (secondary N) is 1. The van der Waals surface area contributed by atoms with Crippen LogP contribution < -0.4 is 5.32 Å². The predicted molar refractivity (Wildman–Crippen MR) is 144 cm³/mol. The largest absolute Gasteiger partial charge is 0.342 e. The van der Waals surface area contributed by atoms with Crippen LogP contribution in [-0.4, -0.2) is 15.6 Å². The van der Waals surface area contributed by atoms with Gasteiger partial charge in [-0.1, -0.05) is 65.1 Å². The Morgan fingerprint density at radius 2 is 1.85 bits per heavy atom. The van der Waals surface area contributed by atoms with Gasteiger partial charge in [-0.2, -0.15) is 0 Å². The summed E-state index contributed by atoms with van der Waals surface area (Å²) >= 11 is 20.0. The Morgan fingerprint density at radius 1 is 1.03 bits per heavy atom. The first-order chi connectivity index (χ1) is 16.4. The highest BCUT2D eigenvalue weighted by Gasteiger charge is 2.25. The van der Waals surface area contributed by atoms with Crippen molar-refractivity contribution in [1.29, 1.82) is 0 Å². The molecule has 1 N–H and O–H groups in total. The van der Waals surface area contributed by atoms with Gasteiger partial charge >= 0.3 is 0 Å². The monoisotopic (exact) mass is 525 g/mol. The fourth-order valence-electron chi connectivity index (χ4n) is 3.80. The van der Waals surface area contributed by atoms with Gasteiger partial charge < -0.3 is 9.88 Å². The maximum Gasteiger partial charge on any atom is 0.264 e. The molecule has 0 unspecified atom stereocenters. The molecule has 0 bridgehead atoms. The molecular weight excluding hydrogens is 509 g/mol. The topological polar surface area (TPSA) is 46.4 Å². The van der Waals surface area contributed by atoms with E-state index < -0.39 is 0 Å². The van der Waals surface area contributed by atoms with Gasteiger partial charge in [-0.3, -0.25) is 4.79 Å². The van der Waals surface area contributed by atoms with Crippen molar-refractivity contribution >= 4 is 80.3 Å². The normalized spacial score (nSPS) is 16.1. The van der Waals surface area contributed by atoms with Crippen molar-refractivity contribution in [2.45, 2.75) is 13.5 Å². The first kappa shape index (κ1) is 23.1. The molecule has 4 nitrogen and oxygen atoms in total. The number of rotatable bonds is 4. The van der Waals surface area contributed by atoms with E-state index in [2.05, 4.69) is 20.9 Å². The van der Waals surface area contributed by atoms with Crippen molar-refractivity contribution in [3.63, 3.8) is 0 Å². The number of amidine groups is 1. The third-order valence-corrected chi connectivity index (χ3v) is 7.48. The number of para-hydroxylation sites is 1. The maximum absolute atomic E-state index is 12.7. The second-order valence-corrected chi connectivity index (χ2v) is 10.1. The van der Waals surface area contributed by atoms with E-state index in [-0.39, 0.29) is 5.91 Å². The minimum atomic E-state index is -0.180. The van der Waals surface area contributed by atoms with Gasteiger partial charge in [0.15, 0.2) is 5.17 Å². The number of aromatic nitrogens is 1. The summed E-state index contributed by atoms with van der Waals surface area (Å²) in [7, 11) is 0. The van der Waals surface area contributed by atoms with Crippen molar-refractivity contribution in [1.82, 2.24) is 9.88 Å². The second-order valence-electron chi connectivity index (χ2n) is 7.83. The molecule has 8 heteroatoms. The van der Waals surface area contributed by atoms with Crippen LogP contribution in [0.15, 0.2) is 76.8 Å². The Balaban J connectivity index is 1.49. The van der Waals surface area contributed by atoms with Gasteiger partial charge in [0.05, 0.1) is 10.6 Å². The zero-order valence-electron chi connectivity index (χ0n) is 18.0. The fourth-order valence-corrected chi connectivity index (χ4v) is 5.27. The van der Waals surface area contributed by atoms with Crippen molar-refractivity contribution in [3.05, 3.63) is 104 Å². The van der Waals surface area contributed by atoms with Gasteiger partial charge in [-0.05, 0) is 66.2 Å². The van der Waals surface area contributed by atoms with Crippen molar-refractivity contribution < 1.29 is 4.79 Å². The SMILES string of the molecule is Cc1c(Cl)cccc1N=C1NC(=O)/C(=C\c2cn(Cc3ccc(Cl)cc3Cl)c3ccccc23)S1. The fraction of sp³-hybridized carbons (Fsp3) is 0.0769. The third-order valence-electron chi connectivity index (χ3n) is 5.57. The van der Waals surface area contributed by atoms with E-state index in [0.29, 0.717) is 31.7 Å². The standard InChI is InChI=1S/C26H18Cl3N3OS/c1-15-20(28)6-4-7-22(15)30-26-31-25(33)24(34-26)11-17-14-32(23-8-3-2-5-19(17)23)13-16-9-10-18(27)12-21(16)29/h2-12,14H,13H2,1H3,(H,30,31,33)/b24-11+. The summed E-state index contributed by atoms with van der Waals surface area (Å²) in [5, 5.41) is 6.29. The molecule has 5 rings (SSSR count). The molecule has 1 aliphatic heterocycles. The summed E-state index contributed by atoms with van der Waals surface area (Å²) in [6.07, 6.45) is 3.93. The summed E-state index contributed by atoms with van der Waals surface area (Å²) in [5.41, 5.74) is 4.55. The number of halogens is 3. The number of hydrogen-bond acceptors (Lipinski definition) is 3. The van der Waals surface area contributed by atoms with Crippen LogP contribution in [0.1, 0.15) is 16.7 Å². The summed E-state index contributed by atoms with van der Waals surface area (Å²) in [6, 6.07) is 19.1. The van der Waals surface area contributed by atoms with Crippen LogP contribution >= 0.6 is 46.6 Å². The van der Waals surface area contributed by atoms with Gasteiger partial charge in [0, 0.05) is 44.3 Å². The number of thioether (sulfide) groups is 1. The Bertz CT molecular complexity index is 1510. The molecule has 1 aromatic heterocycles. The molecule has 1 amide bonds. The number of nitrogens with zero attached hydrogens (tertiary/aromatic N) is 2. The van der Waals surface area contributed by atoms with Crippen LogP contribution in [0.2, 0.25) is 15.1 Å². The van der Waals surface area contributed by atoms with E-state index in [1.165, 1.54) is 11.8 Å².